The van der Waals surface area contributed by atoms with Crippen LogP contribution in [0.5, 0.6) is 5.75 Å². The van der Waals surface area contributed by atoms with Gasteiger partial charge in [-0.1, -0.05) is 18.5 Å². The first-order chi connectivity index (χ1) is 9.74. The van der Waals surface area contributed by atoms with Crippen molar-refractivity contribution in [2.75, 3.05) is 20.3 Å². The van der Waals surface area contributed by atoms with E-state index in [0.717, 1.165) is 42.3 Å². The second-order valence-electron chi connectivity index (χ2n) is 5.23. The molecule has 2 atom stereocenters. The lowest BCUT2D eigenvalue weighted by molar-refractivity contribution is -0.00717. The van der Waals surface area contributed by atoms with Crippen molar-refractivity contribution in [2.24, 2.45) is 0 Å². The molecule has 1 aliphatic heterocycles. The van der Waals surface area contributed by atoms with Gasteiger partial charge in [-0.2, -0.15) is 0 Å². The van der Waals surface area contributed by atoms with Crippen LogP contribution in [0.15, 0.2) is 18.2 Å². The first-order valence-electron chi connectivity index (χ1n) is 7.42. The molecule has 0 spiro atoms. The van der Waals surface area contributed by atoms with Crippen LogP contribution in [0.25, 0.3) is 0 Å². The Morgan fingerprint density at radius 3 is 2.95 bits per heavy atom. The molecule has 1 aliphatic rings. The quantitative estimate of drug-likeness (QED) is 0.872. The lowest BCUT2D eigenvalue weighted by Gasteiger charge is -2.31. The second-order valence-corrected chi connectivity index (χ2v) is 5.67. The fourth-order valence-electron chi connectivity index (χ4n) is 2.82. The van der Waals surface area contributed by atoms with Crippen LogP contribution in [0, 0.1) is 0 Å². The van der Waals surface area contributed by atoms with Gasteiger partial charge in [0.25, 0.3) is 0 Å². The minimum Gasteiger partial charge on any atom is -0.496 e. The molecule has 1 saturated heterocycles. The maximum atomic E-state index is 6.11. The van der Waals surface area contributed by atoms with Crippen molar-refractivity contribution in [3.8, 4) is 5.75 Å². The number of halogens is 1. The number of rotatable bonds is 6. The summed E-state index contributed by atoms with van der Waals surface area (Å²) in [6.07, 6.45) is 4.71. The van der Waals surface area contributed by atoms with Crippen LogP contribution in [0.1, 0.15) is 31.7 Å². The van der Waals surface area contributed by atoms with Gasteiger partial charge in [0.1, 0.15) is 5.75 Å². The van der Waals surface area contributed by atoms with Crippen molar-refractivity contribution < 1.29 is 9.47 Å². The minimum atomic E-state index is 0.285. The van der Waals surface area contributed by atoms with Crippen LogP contribution in [0.2, 0.25) is 5.02 Å². The molecule has 112 valence electrons. The largest absolute Gasteiger partial charge is 0.496 e. The molecule has 0 radical (unpaired) electrons. The summed E-state index contributed by atoms with van der Waals surface area (Å²) < 4.78 is 11.4. The van der Waals surface area contributed by atoms with Gasteiger partial charge in [0, 0.05) is 17.7 Å². The van der Waals surface area contributed by atoms with E-state index in [1.54, 1.807) is 7.11 Å². The standard InChI is InChI=1S/C16H24ClNO2/c1-3-18-14(16-6-4-5-9-20-16)11-12-10-13(17)7-8-15(12)19-2/h7-8,10,14,16,18H,3-6,9,11H2,1-2H3. The smallest absolute Gasteiger partial charge is 0.122 e. The molecule has 0 bridgehead atoms. The van der Waals surface area contributed by atoms with Crippen molar-refractivity contribution >= 4 is 11.6 Å². The summed E-state index contributed by atoms with van der Waals surface area (Å²) in [5, 5.41) is 4.30. The summed E-state index contributed by atoms with van der Waals surface area (Å²) in [5.41, 5.74) is 1.14. The Hall–Kier alpha value is -0.770. The van der Waals surface area contributed by atoms with Crippen LogP contribution in [0.4, 0.5) is 0 Å². The maximum Gasteiger partial charge on any atom is 0.122 e. The fourth-order valence-corrected chi connectivity index (χ4v) is 3.02. The first-order valence-corrected chi connectivity index (χ1v) is 7.79. The van der Waals surface area contributed by atoms with Crippen molar-refractivity contribution in [3.63, 3.8) is 0 Å². The SMILES string of the molecule is CCNC(Cc1cc(Cl)ccc1OC)C1CCCCO1. The van der Waals surface area contributed by atoms with Gasteiger partial charge in [-0.3, -0.25) is 0 Å². The molecule has 1 heterocycles. The van der Waals surface area contributed by atoms with Crippen molar-refractivity contribution in [1.82, 2.24) is 5.32 Å². The molecule has 0 aromatic heterocycles. The number of hydrogen-bond donors (Lipinski definition) is 1. The predicted molar refractivity (Wildman–Crippen MR) is 82.8 cm³/mol. The third-order valence-electron chi connectivity index (χ3n) is 3.81. The van der Waals surface area contributed by atoms with Crippen molar-refractivity contribution in [2.45, 2.75) is 44.8 Å². The van der Waals surface area contributed by atoms with Crippen LogP contribution < -0.4 is 10.1 Å². The lowest BCUT2D eigenvalue weighted by Crippen LogP contribution is -2.44. The highest BCUT2D eigenvalue weighted by atomic mass is 35.5. The number of hydrogen-bond acceptors (Lipinski definition) is 3. The molecule has 3 nitrogen and oxygen atoms in total. The molecule has 20 heavy (non-hydrogen) atoms. The maximum absolute atomic E-state index is 6.11. The highest BCUT2D eigenvalue weighted by Crippen LogP contribution is 2.26. The van der Waals surface area contributed by atoms with Crippen LogP contribution in [-0.2, 0) is 11.2 Å². The summed E-state index contributed by atoms with van der Waals surface area (Å²) >= 11 is 6.11. The summed E-state index contributed by atoms with van der Waals surface area (Å²) in [7, 11) is 1.70. The topological polar surface area (TPSA) is 30.5 Å². The summed E-state index contributed by atoms with van der Waals surface area (Å²) in [6, 6.07) is 6.10. The second kappa shape index (κ2) is 7.87. The zero-order chi connectivity index (χ0) is 14.4. The van der Waals surface area contributed by atoms with Crippen LogP contribution >= 0.6 is 11.6 Å². The zero-order valence-corrected chi connectivity index (χ0v) is 13.1. The molecule has 2 unspecified atom stereocenters. The molecular weight excluding hydrogens is 274 g/mol. The third-order valence-corrected chi connectivity index (χ3v) is 4.05. The average molecular weight is 298 g/mol. The number of nitrogens with one attached hydrogen (secondary N) is 1. The lowest BCUT2D eigenvalue weighted by atomic mass is 9.95. The molecule has 1 aromatic carbocycles. The van der Waals surface area contributed by atoms with Crippen LogP contribution in [-0.4, -0.2) is 32.4 Å². The van der Waals surface area contributed by atoms with E-state index in [0.29, 0.717) is 6.04 Å². The van der Waals surface area contributed by atoms with E-state index in [1.807, 2.05) is 18.2 Å². The molecule has 4 heteroatoms. The number of benzene rings is 1. The fraction of sp³-hybridized carbons (Fsp3) is 0.625. The van der Waals surface area contributed by atoms with E-state index < -0.39 is 0 Å². The Balaban J connectivity index is 2.12. The monoisotopic (exact) mass is 297 g/mol. The summed E-state index contributed by atoms with van der Waals surface area (Å²) in [5.74, 6) is 0.896. The van der Waals surface area contributed by atoms with Gasteiger partial charge in [0.05, 0.1) is 13.2 Å². The van der Waals surface area contributed by atoms with Gasteiger partial charge in [0.15, 0.2) is 0 Å². The first kappa shape index (κ1) is 15.6. The van der Waals surface area contributed by atoms with E-state index >= 15 is 0 Å². The van der Waals surface area contributed by atoms with Gasteiger partial charge < -0.3 is 14.8 Å². The molecule has 1 N–H and O–H groups in total. The average Bonchev–Trinajstić information content (AvgIpc) is 2.48. The van der Waals surface area contributed by atoms with E-state index in [1.165, 1.54) is 12.8 Å². The molecule has 2 rings (SSSR count). The molecule has 1 fully saturated rings. The van der Waals surface area contributed by atoms with Crippen molar-refractivity contribution in [1.29, 1.82) is 0 Å². The predicted octanol–water partition coefficient (Wildman–Crippen LogP) is 3.44. The Bertz CT molecular complexity index is 419. The van der Waals surface area contributed by atoms with E-state index in [4.69, 9.17) is 21.1 Å². The summed E-state index contributed by atoms with van der Waals surface area (Å²) in [6.45, 7) is 3.94. The van der Waals surface area contributed by atoms with E-state index in [2.05, 4.69) is 12.2 Å². The Kier molecular flexibility index (Phi) is 6.14. The van der Waals surface area contributed by atoms with Gasteiger partial charge in [-0.05, 0) is 56.0 Å². The summed E-state index contributed by atoms with van der Waals surface area (Å²) in [4.78, 5) is 0. The highest BCUT2D eigenvalue weighted by Gasteiger charge is 2.25. The zero-order valence-electron chi connectivity index (χ0n) is 12.3. The van der Waals surface area contributed by atoms with Gasteiger partial charge >= 0.3 is 0 Å². The van der Waals surface area contributed by atoms with E-state index in [-0.39, 0.29) is 6.10 Å². The third kappa shape index (κ3) is 4.11. The van der Waals surface area contributed by atoms with Gasteiger partial charge in [-0.15, -0.1) is 0 Å². The normalized spacial score (nSPS) is 20.6. The minimum absolute atomic E-state index is 0.285. The molecule has 0 amide bonds. The number of ether oxygens (including phenoxy) is 2. The number of methoxy groups -OCH3 is 1. The molecular formula is C16H24ClNO2. The Morgan fingerprint density at radius 2 is 2.30 bits per heavy atom. The Morgan fingerprint density at radius 1 is 1.45 bits per heavy atom. The highest BCUT2D eigenvalue weighted by molar-refractivity contribution is 6.30. The molecule has 0 aliphatic carbocycles. The number of likely N-dealkylation sites (N-methyl/N-ethyl adjacent to an activating group) is 1. The van der Waals surface area contributed by atoms with Gasteiger partial charge in [-0.25, -0.2) is 0 Å². The van der Waals surface area contributed by atoms with Crippen molar-refractivity contribution in [3.05, 3.63) is 28.8 Å². The molecule has 0 saturated carbocycles. The molecule has 1 aromatic rings. The van der Waals surface area contributed by atoms with E-state index in [9.17, 15) is 0 Å². The Labute approximate surface area is 126 Å². The van der Waals surface area contributed by atoms with Gasteiger partial charge in [0.2, 0.25) is 0 Å². The van der Waals surface area contributed by atoms with Crippen LogP contribution in [0.3, 0.4) is 0 Å².